The van der Waals surface area contributed by atoms with Crippen molar-refractivity contribution >= 4 is 5.82 Å². The van der Waals surface area contributed by atoms with Crippen molar-refractivity contribution in [2.45, 2.75) is 13.5 Å². The molecule has 0 radical (unpaired) electrons. The summed E-state index contributed by atoms with van der Waals surface area (Å²) in [5.41, 5.74) is 5.86. The third-order valence-electron chi connectivity index (χ3n) is 1.70. The molecular weight excluding hydrogens is 168 g/mol. The van der Waals surface area contributed by atoms with Crippen LogP contribution >= 0.6 is 0 Å². The molecule has 0 unspecified atom stereocenters. The van der Waals surface area contributed by atoms with Gasteiger partial charge in [0.2, 0.25) is 0 Å². The second kappa shape index (κ2) is 3.57. The maximum Gasteiger partial charge on any atom is 0.255 e. The normalized spacial score (nSPS) is 10.8. The van der Waals surface area contributed by atoms with Crippen molar-refractivity contribution in [3.63, 3.8) is 0 Å². The average Bonchev–Trinajstić information content (AvgIpc) is 1.98. The first-order chi connectivity index (χ1) is 6.00. The molecule has 0 saturated carbocycles. The Kier molecular flexibility index (Phi) is 2.67. The summed E-state index contributed by atoms with van der Waals surface area (Å²) < 4.78 is 0. The SMILES string of the molecule is Cc1c(N)nc(CN(C)C)[nH]c1=O. The second-order valence-electron chi connectivity index (χ2n) is 3.26. The summed E-state index contributed by atoms with van der Waals surface area (Å²) in [5, 5.41) is 0. The minimum Gasteiger partial charge on any atom is -0.383 e. The maximum absolute atomic E-state index is 11.2. The number of rotatable bonds is 2. The molecule has 0 aromatic carbocycles. The molecule has 0 saturated heterocycles. The van der Waals surface area contributed by atoms with E-state index in [1.165, 1.54) is 0 Å². The van der Waals surface area contributed by atoms with Crippen molar-refractivity contribution in [1.82, 2.24) is 14.9 Å². The maximum atomic E-state index is 11.2. The van der Waals surface area contributed by atoms with Gasteiger partial charge in [0, 0.05) is 0 Å². The molecule has 1 heterocycles. The molecule has 0 amide bonds. The number of aromatic amines is 1. The van der Waals surface area contributed by atoms with Crippen LogP contribution < -0.4 is 11.3 Å². The van der Waals surface area contributed by atoms with Crippen molar-refractivity contribution in [2.75, 3.05) is 19.8 Å². The van der Waals surface area contributed by atoms with E-state index in [0.717, 1.165) is 0 Å². The zero-order valence-corrected chi connectivity index (χ0v) is 8.09. The highest BCUT2D eigenvalue weighted by molar-refractivity contribution is 5.35. The van der Waals surface area contributed by atoms with Crippen molar-refractivity contribution in [2.24, 2.45) is 0 Å². The van der Waals surface area contributed by atoms with Crippen molar-refractivity contribution < 1.29 is 0 Å². The third-order valence-corrected chi connectivity index (χ3v) is 1.70. The number of hydrogen-bond donors (Lipinski definition) is 2. The van der Waals surface area contributed by atoms with Gasteiger partial charge in [0.1, 0.15) is 11.6 Å². The van der Waals surface area contributed by atoms with Crippen LogP contribution in [0.1, 0.15) is 11.4 Å². The van der Waals surface area contributed by atoms with E-state index in [2.05, 4.69) is 9.97 Å². The van der Waals surface area contributed by atoms with Gasteiger partial charge in [-0.05, 0) is 21.0 Å². The molecular formula is C8H14N4O. The van der Waals surface area contributed by atoms with Gasteiger partial charge >= 0.3 is 0 Å². The Morgan fingerprint density at radius 2 is 2.15 bits per heavy atom. The van der Waals surface area contributed by atoms with Crippen LogP contribution in [0.15, 0.2) is 4.79 Å². The quantitative estimate of drug-likeness (QED) is 0.659. The molecule has 72 valence electrons. The second-order valence-corrected chi connectivity index (χ2v) is 3.26. The van der Waals surface area contributed by atoms with E-state index in [1.54, 1.807) is 6.92 Å². The molecule has 3 N–H and O–H groups in total. The van der Waals surface area contributed by atoms with Gasteiger partial charge in [0.25, 0.3) is 5.56 Å². The van der Waals surface area contributed by atoms with Gasteiger partial charge in [-0.3, -0.25) is 4.79 Å². The fourth-order valence-corrected chi connectivity index (χ4v) is 0.973. The van der Waals surface area contributed by atoms with Gasteiger partial charge in [-0.25, -0.2) is 4.98 Å². The minimum atomic E-state index is -0.163. The number of nitrogen functional groups attached to an aromatic ring is 1. The largest absolute Gasteiger partial charge is 0.383 e. The molecule has 0 fully saturated rings. The number of nitrogens with zero attached hydrogens (tertiary/aromatic N) is 2. The molecule has 1 aromatic rings. The van der Waals surface area contributed by atoms with Gasteiger partial charge in [0.15, 0.2) is 0 Å². The van der Waals surface area contributed by atoms with Crippen LogP contribution in [-0.2, 0) is 6.54 Å². The summed E-state index contributed by atoms with van der Waals surface area (Å²) in [6, 6.07) is 0. The Labute approximate surface area is 76.6 Å². The lowest BCUT2D eigenvalue weighted by molar-refractivity contribution is 0.390. The predicted molar refractivity (Wildman–Crippen MR) is 51.4 cm³/mol. The minimum absolute atomic E-state index is 0.163. The topological polar surface area (TPSA) is 75.0 Å². The van der Waals surface area contributed by atoms with Crippen LogP contribution in [-0.4, -0.2) is 29.0 Å². The molecule has 1 rings (SSSR count). The van der Waals surface area contributed by atoms with E-state index in [1.807, 2.05) is 19.0 Å². The highest BCUT2D eigenvalue weighted by Crippen LogP contribution is 2.00. The smallest absolute Gasteiger partial charge is 0.255 e. The van der Waals surface area contributed by atoms with Gasteiger partial charge in [0.05, 0.1) is 12.1 Å². The summed E-state index contributed by atoms with van der Waals surface area (Å²) in [6.07, 6.45) is 0. The number of aromatic nitrogens is 2. The molecule has 1 aromatic heterocycles. The summed E-state index contributed by atoms with van der Waals surface area (Å²) in [7, 11) is 3.80. The summed E-state index contributed by atoms with van der Waals surface area (Å²) in [5.74, 6) is 0.902. The first-order valence-corrected chi connectivity index (χ1v) is 4.00. The van der Waals surface area contributed by atoms with Crippen LogP contribution in [0.25, 0.3) is 0 Å². The number of hydrogen-bond acceptors (Lipinski definition) is 4. The van der Waals surface area contributed by atoms with Crippen LogP contribution in [0.4, 0.5) is 5.82 Å². The molecule has 0 bridgehead atoms. The van der Waals surface area contributed by atoms with Gasteiger partial charge in [-0.1, -0.05) is 0 Å². The summed E-state index contributed by atoms with van der Waals surface area (Å²) in [4.78, 5) is 19.9. The Morgan fingerprint density at radius 3 is 2.62 bits per heavy atom. The number of anilines is 1. The first-order valence-electron chi connectivity index (χ1n) is 4.00. The van der Waals surface area contributed by atoms with E-state index >= 15 is 0 Å². The van der Waals surface area contributed by atoms with Crippen LogP contribution in [0.2, 0.25) is 0 Å². The number of nitrogens with two attached hydrogens (primary N) is 1. The number of nitrogens with one attached hydrogen (secondary N) is 1. The summed E-state index contributed by atoms with van der Waals surface area (Å²) >= 11 is 0. The zero-order valence-electron chi connectivity index (χ0n) is 8.09. The lowest BCUT2D eigenvalue weighted by atomic mass is 10.3. The fourth-order valence-electron chi connectivity index (χ4n) is 0.973. The lowest BCUT2D eigenvalue weighted by Crippen LogP contribution is -2.21. The highest BCUT2D eigenvalue weighted by Gasteiger charge is 2.04. The molecule has 0 aliphatic rings. The van der Waals surface area contributed by atoms with E-state index in [-0.39, 0.29) is 5.56 Å². The van der Waals surface area contributed by atoms with Crippen molar-refractivity contribution in [1.29, 1.82) is 0 Å². The molecule has 5 nitrogen and oxygen atoms in total. The zero-order chi connectivity index (χ0) is 10.0. The van der Waals surface area contributed by atoms with E-state index in [0.29, 0.717) is 23.8 Å². The molecule has 0 aliphatic heterocycles. The van der Waals surface area contributed by atoms with E-state index in [4.69, 9.17) is 5.73 Å². The molecule has 0 spiro atoms. The van der Waals surface area contributed by atoms with Crippen molar-refractivity contribution in [3.05, 3.63) is 21.7 Å². The number of H-pyrrole nitrogens is 1. The standard InChI is InChI=1S/C8H14N4O/c1-5-7(9)10-6(4-12(2)3)11-8(5)13/h4H2,1-3H3,(H3,9,10,11,13). The van der Waals surface area contributed by atoms with Gasteiger partial charge < -0.3 is 15.6 Å². The average molecular weight is 182 g/mol. The van der Waals surface area contributed by atoms with E-state index in [9.17, 15) is 4.79 Å². The lowest BCUT2D eigenvalue weighted by Gasteiger charge is -2.09. The van der Waals surface area contributed by atoms with Gasteiger partial charge in [-0.2, -0.15) is 0 Å². The van der Waals surface area contributed by atoms with E-state index < -0.39 is 0 Å². The predicted octanol–water partition coefficient (Wildman–Crippen LogP) is -0.278. The first kappa shape index (κ1) is 9.73. The Bertz CT molecular complexity index is 356. The Balaban J connectivity index is 3.06. The van der Waals surface area contributed by atoms with Crippen LogP contribution in [0, 0.1) is 6.92 Å². The molecule has 5 heteroatoms. The van der Waals surface area contributed by atoms with Crippen LogP contribution in [0.5, 0.6) is 0 Å². The van der Waals surface area contributed by atoms with Gasteiger partial charge in [-0.15, -0.1) is 0 Å². The highest BCUT2D eigenvalue weighted by atomic mass is 16.1. The molecule has 0 aliphatic carbocycles. The van der Waals surface area contributed by atoms with Crippen LogP contribution in [0.3, 0.4) is 0 Å². The van der Waals surface area contributed by atoms with Crippen molar-refractivity contribution in [3.8, 4) is 0 Å². The Hall–Kier alpha value is -1.36. The monoisotopic (exact) mass is 182 g/mol. The third kappa shape index (κ3) is 2.29. The molecule has 0 atom stereocenters. The Morgan fingerprint density at radius 1 is 1.54 bits per heavy atom. The fraction of sp³-hybridized carbons (Fsp3) is 0.500. The molecule has 13 heavy (non-hydrogen) atoms. The summed E-state index contributed by atoms with van der Waals surface area (Å²) in [6.45, 7) is 2.24.